The van der Waals surface area contributed by atoms with Crippen molar-refractivity contribution >= 4 is 15.7 Å². The van der Waals surface area contributed by atoms with Gasteiger partial charge in [-0.15, -0.1) is 0 Å². The number of benzene rings is 1. The molecule has 7 heteroatoms. The maximum absolute atomic E-state index is 12.1. The van der Waals surface area contributed by atoms with Gasteiger partial charge in [-0.05, 0) is 32.0 Å². The molecular formula is C14H16N2O4S. The number of hydrogen-bond donors (Lipinski definition) is 1. The van der Waals surface area contributed by atoms with Gasteiger partial charge in [-0.3, -0.25) is 4.79 Å². The lowest BCUT2D eigenvalue weighted by Gasteiger charge is -2.06. The Morgan fingerprint density at radius 3 is 2.62 bits per heavy atom. The second-order valence-electron chi connectivity index (χ2n) is 4.79. The molecule has 0 saturated heterocycles. The van der Waals surface area contributed by atoms with Crippen molar-refractivity contribution in [3.63, 3.8) is 0 Å². The highest BCUT2D eigenvalue weighted by molar-refractivity contribution is 7.90. The van der Waals surface area contributed by atoms with E-state index >= 15 is 0 Å². The summed E-state index contributed by atoms with van der Waals surface area (Å²) in [6, 6.07) is 5.93. The second kappa shape index (κ2) is 5.69. The van der Waals surface area contributed by atoms with Crippen LogP contribution >= 0.6 is 0 Å². The highest BCUT2D eigenvalue weighted by Gasteiger charge is 2.13. The van der Waals surface area contributed by atoms with E-state index in [9.17, 15) is 13.2 Å². The average Bonchev–Trinajstić information content (AvgIpc) is 2.75. The van der Waals surface area contributed by atoms with E-state index in [1.807, 2.05) is 0 Å². The van der Waals surface area contributed by atoms with Crippen molar-refractivity contribution in [3.05, 3.63) is 46.8 Å². The summed E-state index contributed by atoms with van der Waals surface area (Å²) in [4.78, 5) is 12.2. The predicted molar refractivity (Wildman–Crippen MR) is 76.7 cm³/mol. The molecule has 0 aliphatic heterocycles. The first kappa shape index (κ1) is 15.2. The van der Waals surface area contributed by atoms with Crippen LogP contribution in [0.4, 0.5) is 0 Å². The topological polar surface area (TPSA) is 89.3 Å². The standard InChI is InChI=1S/C14H16N2O4S/c1-9-13(10(2)20-16-9)8-15-14(17)11-5-4-6-12(7-11)21(3,18)19/h4-7H,8H2,1-3H3,(H,15,17). The molecule has 112 valence electrons. The van der Waals surface area contributed by atoms with Crippen LogP contribution in [-0.4, -0.2) is 25.7 Å². The zero-order chi connectivity index (χ0) is 15.6. The smallest absolute Gasteiger partial charge is 0.251 e. The van der Waals surface area contributed by atoms with E-state index in [1.165, 1.54) is 12.1 Å². The van der Waals surface area contributed by atoms with Crippen molar-refractivity contribution in [2.24, 2.45) is 0 Å². The van der Waals surface area contributed by atoms with E-state index in [0.29, 0.717) is 11.3 Å². The first-order chi connectivity index (χ1) is 9.79. The molecule has 0 unspecified atom stereocenters. The van der Waals surface area contributed by atoms with Gasteiger partial charge in [0.15, 0.2) is 9.84 Å². The first-order valence-corrected chi connectivity index (χ1v) is 8.18. The Morgan fingerprint density at radius 1 is 1.33 bits per heavy atom. The van der Waals surface area contributed by atoms with Crippen molar-refractivity contribution in [1.29, 1.82) is 0 Å². The minimum Gasteiger partial charge on any atom is -0.361 e. The minimum atomic E-state index is -3.34. The summed E-state index contributed by atoms with van der Waals surface area (Å²) in [6.45, 7) is 3.84. The molecule has 1 aromatic carbocycles. The number of amides is 1. The predicted octanol–water partition coefficient (Wildman–Crippen LogP) is 1.62. The molecule has 1 heterocycles. The molecule has 1 aromatic heterocycles. The largest absolute Gasteiger partial charge is 0.361 e. The molecule has 0 spiro atoms. The fourth-order valence-corrected chi connectivity index (χ4v) is 2.56. The number of aromatic nitrogens is 1. The Balaban J connectivity index is 2.15. The molecule has 0 saturated carbocycles. The quantitative estimate of drug-likeness (QED) is 0.927. The number of carbonyl (C=O) groups is 1. The molecule has 0 atom stereocenters. The van der Waals surface area contributed by atoms with E-state index in [4.69, 9.17) is 4.52 Å². The van der Waals surface area contributed by atoms with Crippen LogP contribution in [0.15, 0.2) is 33.7 Å². The molecule has 0 aliphatic carbocycles. The van der Waals surface area contributed by atoms with Gasteiger partial charge in [-0.2, -0.15) is 0 Å². The summed E-state index contributed by atoms with van der Waals surface area (Å²) >= 11 is 0. The third kappa shape index (κ3) is 3.49. The number of rotatable bonds is 4. The highest BCUT2D eigenvalue weighted by Crippen LogP contribution is 2.13. The zero-order valence-electron chi connectivity index (χ0n) is 12.0. The zero-order valence-corrected chi connectivity index (χ0v) is 12.8. The third-order valence-corrected chi connectivity index (χ3v) is 4.24. The van der Waals surface area contributed by atoms with Crippen LogP contribution in [-0.2, 0) is 16.4 Å². The Labute approximate surface area is 123 Å². The van der Waals surface area contributed by atoms with Gasteiger partial charge in [0, 0.05) is 23.9 Å². The fourth-order valence-electron chi connectivity index (χ4n) is 1.89. The van der Waals surface area contributed by atoms with Gasteiger partial charge in [0.25, 0.3) is 5.91 Å². The number of carbonyl (C=O) groups excluding carboxylic acids is 1. The molecule has 1 amide bonds. The van der Waals surface area contributed by atoms with Gasteiger partial charge in [0.1, 0.15) is 5.76 Å². The normalized spacial score (nSPS) is 11.4. The molecule has 6 nitrogen and oxygen atoms in total. The fraction of sp³-hybridized carbons (Fsp3) is 0.286. The lowest BCUT2D eigenvalue weighted by atomic mass is 10.2. The van der Waals surface area contributed by atoms with Crippen LogP contribution < -0.4 is 5.32 Å². The number of nitrogens with one attached hydrogen (secondary N) is 1. The molecule has 1 N–H and O–H groups in total. The van der Waals surface area contributed by atoms with Gasteiger partial charge in [-0.1, -0.05) is 11.2 Å². The second-order valence-corrected chi connectivity index (χ2v) is 6.80. The average molecular weight is 308 g/mol. The molecule has 21 heavy (non-hydrogen) atoms. The van der Waals surface area contributed by atoms with Crippen molar-refractivity contribution < 1.29 is 17.7 Å². The van der Waals surface area contributed by atoms with Crippen molar-refractivity contribution in [3.8, 4) is 0 Å². The Bertz CT molecular complexity index is 759. The number of sulfone groups is 1. The van der Waals surface area contributed by atoms with Gasteiger partial charge < -0.3 is 9.84 Å². The molecule has 0 fully saturated rings. The monoisotopic (exact) mass is 308 g/mol. The Kier molecular flexibility index (Phi) is 4.13. The summed E-state index contributed by atoms with van der Waals surface area (Å²) in [6.07, 6.45) is 1.11. The van der Waals surface area contributed by atoms with Gasteiger partial charge in [-0.25, -0.2) is 8.42 Å². The lowest BCUT2D eigenvalue weighted by molar-refractivity contribution is 0.0950. The first-order valence-electron chi connectivity index (χ1n) is 6.29. The van der Waals surface area contributed by atoms with Crippen LogP contribution in [0.3, 0.4) is 0 Å². The molecular weight excluding hydrogens is 292 g/mol. The number of aryl methyl sites for hydroxylation is 2. The third-order valence-electron chi connectivity index (χ3n) is 3.13. The summed E-state index contributed by atoms with van der Waals surface area (Å²) in [5.41, 5.74) is 1.84. The SMILES string of the molecule is Cc1noc(C)c1CNC(=O)c1cccc(S(C)(=O)=O)c1. The van der Waals surface area contributed by atoms with Gasteiger partial charge in [0.2, 0.25) is 0 Å². The Hall–Kier alpha value is -2.15. The van der Waals surface area contributed by atoms with E-state index in [1.54, 1.807) is 26.0 Å². The summed E-state index contributed by atoms with van der Waals surface area (Å²) in [7, 11) is -3.34. The summed E-state index contributed by atoms with van der Waals surface area (Å²) in [5.74, 6) is 0.304. The van der Waals surface area contributed by atoms with Crippen molar-refractivity contribution in [2.45, 2.75) is 25.3 Å². The van der Waals surface area contributed by atoms with Gasteiger partial charge >= 0.3 is 0 Å². The molecule has 0 aliphatic rings. The van der Waals surface area contributed by atoms with Gasteiger partial charge in [0.05, 0.1) is 10.6 Å². The van der Waals surface area contributed by atoms with E-state index in [2.05, 4.69) is 10.5 Å². The summed E-state index contributed by atoms with van der Waals surface area (Å²) in [5, 5.41) is 6.54. The Morgan fingerprint density at radius 2 is 2.05 bits per heavy atom. The van der Waals surface area contributed by atoms with Crippen LogP contribution in [0.25, 0.3) is 0 Å². The lowest BCUT2D eigenvalue weighted by Crippen LogP contribution is -2.23. The molecule has 0 radical (unpaired) electrons. The molecule has 2 rings (SSSR count). The van der Waals surface area contributed by atoms with Crippen LogP contribution in [0.5, 0.6) is 0 Å². The molecule has 0 bridgehead atoms. The van der Waals surface area contributed by atoms with E-state index in [-0.39, 0.29) is 17.3 Å². The highest BCUT2D eigenvalue weighted by atomic mass is 32.2. The van der Waals surface area contributed by atoms with Crippen LogP contribution in [0, 0.1) is 13.8 Å². The van der Waals surface area contributed by atoms with Crippen molar-refractivity contribution in [1.82, 2.24) is 10.5 Å². The van der Waals surface area contributed by atoms with E-state index in [0.717, 1.165) is 17.5 Å². The maximum Gasteiger partial charge on any atom is 0.251 e. The van der Waals surface area contributed by atoms with Crippen LogP contribution in [0.2, 0.25) is 0 Å². The van der Waals surface area contributed by atoms with Crippen molar-refractivity contribution in [2.75, 3.05) is 6.26 Å². The van der Waals surface area contributed by atoms with Crippen LogP contribution in [0.1, 0.15) is 27.4 Å². The molecule has 2 aromatic rings. The minimum absolute atomic E-state index is 0.118. The maximum atomic E-state index is 12.1. The number of nitrogens with zero attached hydrogens (tertiary/aromatic N) is 1. The number of hydrogen-bond acceptors (Lipinski definition) is 5. The van der Waals surface area contributed by atoms with E-state index < -0.39 is 9.84 Å². The summed E-state index contributed by atoms with van der Waals surface area (Å²) < 4.78 is 28.0.